The number of likely N-dealkylation sites (tertiary alicyclic amines) is 1. The molecule has 1 aliphatic heterocycles. The fraction of sp³-hybridized carbons (Fsp3) is 0.172. The first kappa shape index (κ1) is 22.7. The van der Waals surface area contributed by atoms with E-state index in [-0.39, 0.29) is 11.9 Å². The number of anilines is 1. The Hall–Kier alpha value is -4.72. The van der Waals surface area contributed by atoms with Crippen molar-refractivity contribution >= 4 is 33.5 Å². The van der Waals surface area contributed by atoms with Crippen LogP contribution < -0.4 is 10.5 Å². The Labute approximate surface area is 214 Å². The van der Waals surface area contributed by atoms with Gasteiger partial charge in [-0.25, -0.2) is 9.97 Å². The molecule has 2 aromatic heterocycles. The summed E-state index contributed by atoms with van der Waals surface area (Å²) in [4.78, 5) is 22.8. The molecule has 3 heterocycles. The van der Waals surface area contributed by atoms with Crippen molar-refractivity contribution in [1.82, 2.24) is 24.6 Å². The molecule has 1 fully saturated rings. The second kappa shape index (κ2) is 9.39. The van der Waals surface area contributed by atoms with E-state index >= 15 is 0 Å². The standard InChI is InChI=1S/C29H26N6O2/c1-2-27(36)34-14-6-7-20(17-34)35-26-16-25-23(29(30)32-18-31-25)15-24(26)28(33-35)19-10-12-22(13-11-19)37-21-8-4-3-5-9-21/h2-5,8-13,15-16,18,20H,1,6-7,14,17H2,(H2,30,31,32). The average molecular weight is 491 g/mol. The molecule has 8 heteroatoms. The lowest BCUT2D eigenvalue weighted by molar-refractivity contribution is -0.127. The molecule has 184 valence electrons. The van der Waals surface area contributed by atoms with Crippen molar-refractivity contribution in [2.45, 2.75) is 18.9 Å². The molecule has 8 nitrogen and oxygen atoms in total. The van der Waals surface area contributed by atoms with Crippen molar-refractivity contribution in [2.75, 3.05) is 18.8 Å². The maximum atomic E-state index is 12.3. The molecule has 1 saturated heterocycles. The molecule has 1 atom stereocenters. The van der Waals surface area contributed by atoms with Gasteiger partial charge in [0.15, 0.2) is 0 Å². The first-order valence-corrected chi connectivity index (χ1v) is 12.3. The summed E-state index contributed by atoms with van der Waals surface area (Å²) in [5.74, 6) is 1.90. The van der Waals surface area contributed by atoms with Crippen LogP contribution in [0.25, 0.3) is 33.1 Å². The topological polar surface area (TPSA) is 99.2 Å². The molecule has 2 N–H and O–H groups in total. The van der Waals surface area contributed by atoms with E-state index < -0.39 is 0 Å². The van der Waals surface area contributed by atoms with E-state index in [1.807, 2.05) is 76.3 Å². The third-order valence-electron chi connectivity index (χ3n) is 6.83. The van der Waals surface area contributed by atoms with Crippen LogP contribution in [0.4, 0.5) is 5.82 Å². The number of piperidine rings is 1. The van der Waals surface area contributed by atoms with E-state index in [1.54, 1.807) is 0 Å². The molecule has 0 bridgehead atoms. The summed E-state index contributed by atoms with van der Waals surface area (Å²) < 4.78 is 8.01. The number of hydrogen-bond acceptors (Lipinski definition) is 6. The molecule has 0 aliphatic carbocycles. The number of aromatic nitrogens is 4. The van der Waals surface area contributed by atoms with Crippen LogP contribution in [0.3, 0.4) is 0 Å². The third-order valence-corrected chi connectivity index (χ3v) is 6.83. The van der Waals surface area contributed by atoms with Crippen LogP contribution in [0.1, 0.15) is 18.9 Å². The average Bonchev–Trinajstić information content (AvgIpc) is 3.31. The van der Waals surface area contributed by atoms with Gasteiger partial charge in [-0.3, -0.25) is 9.48 Å². The fourth-order valence-corrected chi connectivity index (χ4v) is 4.99. The number of amides is 1. The molecule has 5 aromatic rings. The Morgan fingerprint density at radius 3 is 2.59 bits per heavy atom. The zero-order valence-electron chi connectivity index (χ0n) is 20.2. The molecular weight excluding hydrogens is 464 g/mol. The van der Waals surface area contributed by atoms with Gasteiger partial charge in [0.1, 0.15) is 29.3 Å². The summed E-state index contributed by atoms with van der Waals surface area (Å²) in [6.45, 7) is 4.96. The SMILES string of the molecule is C=CC(=O)N1CCCC(n2nc(-c3ccc(Oc4ccccc4)cc3)c3cc4c(N)ncnc4cc32)C1. The Morgan fingerprint density at radius 2 is 1.81 bits per heavy atom. The van der Waals surface area contributed by atoms with Gasteiger partial charge in [0.05, 0.1) is 17.1 Å². The number of nitrogens with zero attached hydrogens (tertiary/aromatic N) is 5. The maximum Gasteiger partial charge on any atom is 0.246 e. The van der Waals surface area contributed by atoms with E-state index in [0.717, 1.165) is 63.9 Å². The van der Waals surface area contributed by atoms with E-state index in [2.05, 4.69) is 16.5 Å². The van der Waals surface area contributed by atoms with E-state index in [4.69, 9.17) is 15.6 Å². The van der Waals surface area contributed by atoms with Gasteiger partial charge in [-0.1, -0.05) is 24.8 Å². The van der Waals surface area contributed by atoms with Crippen molar-refractivity contribution in [3.05, 3.63) is 85.7 Å². The largest absolute Gasteiger partial charge is 0.457 e. The van der Waals surface area contributed by atoms with Crippen LogP contribution in [-0.2, 0) is 4.79 Å². The highest BCUT2D eigenvalue weighted by Crippen LogP contribution is 2.36. The maximum absolute atomic E-state index is 12.3. The third kappa shape index (κ3) is 4.27. The molecule has 1 unspecified atom stereocenters. The lowest BCUT2D eigenvalue weighted by Crippen LogP contribution is -2.40. The molecule has 0 spiro atoms. The Balaban J connectivity index is 1.44. The highest BCUT2D eigenvalue weighted by Gasteiger charge is 2.27. The second-order valence-electron chi connectivity index (χ2n) is 9.16. The number of benzene rings is 3. The van der Waals surface area contributed by atoms with Gasteiger partial charge in [-0.15, -0.1) is 0 Å². The monoisotopic (exact) mass is 490 g/mol. The van der Waals surface area contributed by atoms with Gasteiger partial charge in [-0.05, 0) is 67.4 Å². The number of para-hydroxylation sites is 1. The fourth-order valence-electron chi connectivity index (χ4n) is 4.99. The van der Waals surface area contributed by atoms with E-state index in [1.165, 1.54) is 12.4 Å². The number of rotatable bonds is 5. The summed E-state index contributed by atoms with van der Waals surface area (Å²) in [6, 6.07) is 21.6. The number of carbonyl (C=O) groups excluding carboxylic acids is 1. The zero-order chi connectivity index (χ0) is 25.4. The second-order valence-corrected chi connectivity index (χ2v) is 9.16. The molecule has 0 radical (unpaired) electrons. The minimum Gasteiger partial charge on any atom is -0.457 e. The number of carbonyl (C=O) groups is 1. The highest BCUT2D eigenvalue weighted by molar-refractivity contribution is 6.04. The number of nitrogens with two attached hydrogens (primary N) is 1. The summed E-state index contributed by atoms with van der Waals surface area (Å²) in [6.07, 6.45) is 4.67. The number of fused-ring (bicyclic) bond motifs is 2. The summed E-state index contributed by atoms with van der Waals surface area (Å²) in [5.41, 5.74) is 9.69. The van der Waals surface area contributed by atoms with Crippen molar-refractivity contribution in [3.63, 3.8) is 0 Å². The van der Waals surface area contributed by atoms with Gasteiger partial charge in [0, 0.05) is 29.4 Å². The molecule has 6 rings (SSSR count). The zero-order valence-corrected chi connectivity index (χ0v) is 20.2. The first-order chi connectivity index (χ1) is 18.1. The predicted molar refractivity (Wildman–Crippen MR) is 144 cm³/mol. The van der Waals surface area contributed by atoms with Crippen LogP contribution in [-0.4, -0.2) is 43.6 Å². The van der Waals surface area contributed by atoms with Crippen LogP contribution >= 0.6 is 0 Å². The van der Waals surface area contributed by atoms with Gasteiger partial charge in [0.25, 0.3) is 0 Å². The normalized spacial score (nSPS) is 15.7. The molecule has 1 amide bonds. The summed E-state index contributed by atoms with van der Waals surface area (Å²) in [7, 11) is 0. The van der Waals surface area contributed by atoms with Crippen molar-refractivity contribution in [2.24, 2.45) is 0 Å². The lowest BCUT2D eigenvalue weighted by atomic mass is 10.0. The van der Waals surface area contributed by atoms with Crippen molar-refractivity contribution < 1.29 is 9.53 Å². The molecule has 37 heavy (non-hydrogen) atoms. The summed E-state index contributed by atoms with van der Waals surface area (Å²) in [5, 5.41) is 6.83. The Kier molecular flexibility index (Phi) is 5.76. The predicted octanol–water partition coefficient (Wildman–Crippen LogP) is 5.37. The van der Waals surface area contributed by atoms with Gasteiger partial charge >= 0.3 is 0 Å². The minimum atomic E-state index is -0.0543. The Morgan fingerprint density at radius 1 is 1.03 bits per heavy atom. The van der Waals surface area contributed by atoms with Gasteiger partial charge < -0.3 is 15.4 Å². The van der Waals surface area contributed by atoms with E-state index in [0.29, 0.717) is 12.4 Å². The number of hydrogen-bond donors (Lipinski definition) is 1. The van der Waals surface area contributed by atoms with Crippen LogP contribution in [0, 0.1) is 0 Å². The lowest BCUT2D eigenvalue weighted by Gasteiger charge is -2.32. The van der Waals surface area contributed by atoms with Gasteiger partial charge in [0.2, 0.25) is 5.91 Å². The number of ether oxygens (including phenoxy) is 1. The van der Waals surface area contributed by atoms with E-state index in [9.17, 15) is 4.79 Å². The minimum absolute atomic E-state index is 0.0335. The molecular formula is C29H26N6O2. The first-order valence-electron chi connectivity index (χ1n) is 12.3. The van der Waals surface area contributed by atoms with Crippen LogP contribution in [0.2, 0.25) is 0 Å². The van der Waals surface area contributed by atoms with Crippen molar-refractivity contribution in [1.29, 1.82) is 0 Å². The van der Waals surface area contributed by atoms with Crippen molar-refractivity contribution in [3.8, 4) is 22.8 Å². The smallest absolute Gasteiger partial charge is 0.246 e. The van der Waals surface area contributed by atoms with Crippen LogP contribution in [0.5, 0.6) is 11.5 Å². The van der Waals surface area contributed by atoms with Gasteiger partial charge in [-0.2, -0.15) is 5.10 Å². The molecule has 0 saturated carbocycles. The quantitative estimate of drug-likeness (QED) is 0.333. The van der Waals surface area contributed by atoms with Crippen LogP contribution in [0.15, 0.2) is 85.7 Å². The molecule has 3 aromatic carbocycles. The molecule has 1 aliphatic rings. The number of nitrogen functional groups attached to an aromatic ring is 1. The Bertz CT molecular complexity index is 1610. The summed E-state index contributed by atoms with van der Waals surface area (Å²) >= 11 is 0. The highest BCUT2D eigenvalue weighted by atomic mass is 16.5.